The summed E-state index contributed by atoms with van der Waals surface area (Å²) in [5.74, 6) is -0.921. The van der Waals surface area contributed by atoms with E-state index in [4.69, 9.17) is 18.5 Å². The number of unbranched alkanes of at least 4 members (excludes halogenated alkanes) is 10. The Labute approximate surface area is 329 Å². The van der Waals surface area contributed by atoms with Crippen LogP contribution in [0.5, 0.6) is 0 Å². The number of quaternary nitrogens is 1. The molecule has 54 heavy (non-hydrogen) atoms. The second-order valence-electron chi connectivity index (χ2n) is 14.6. The van der Waals surface area contributed by atoms with Crippen LogP contribution in [0.25, 0.3) is 0 Å². The summed E-state index contributed by atoms with van der Waals surface area (Å²) in [6.07, 6.45) is 43.6. The average molecular weight is 778 g/mol. The number of likely N-dealkylation sites (N-methyl/N-ethyl adjacent to an activating group) is 1. The first-order valence-electron chi connectivity index (χ1n) is 20.6. The van der Waals surface area contributed by atoms with Crippen molar-refractivity contribution in [1.29, 1.82) is 0 Å². The molecule has 10 heteroatoms. The van der Waals surface area contributed by atoms with E-state index in [2.05, 4.69) is 80.7 Å². The van der Waals surface area contributed by atoms with Gasteiger partial charge in [0.15, 0.2) is 6.10 Å². The summed E-state index contributed by atoms with van der Waals surface area (Å²) < 4.78 is 33.7. The molecule has 0 amide bonds. The standard InChI is InChI=1S/C44H76NO8P/c1-6-8-10-12-14-16-18-20-21-22-23-25-26-28-30-32-34-36-43(46)50-40-42(41-52-54(48,49)51-39-38-45(3,4)5)53-44(47)37-35-33-31-29-27-24-19-17-15-13-11-9-7-2/h8,10,14,16-17,19-21,23,25,28,30,42H,6-7,9,11-13,15,18,22,24,26-27,29,31-41H2,1-5H3/b10-8-,16-14-,19-17-,21-20-,25-23-,30-28-/t42-/m1/s1. The van der Waals surface area contributed by atoms with E-state index in [1.807, 2.05) is 27.2 Å². The first-order chi connectivity index (χ1) is 26.0. The Hall–Kier alpha value is -2.55. The van der Waals surface area contributed by atoms with Gasteiger partial charge in [0.1, 0.15) is 19.8 Å². The predicted octanol–water partition coefficient (Wildman–Crippen LogP) is 10.8. The molecule has 0 fully saturated rings. The lowest BCUT2D eigenvalue weighted by molar-refractivity contribution is -0.870. The van der Waals surface area contributed by atoms with Crippen molar-refractivity contribution in [2.75, 3.05) is 47.5 Å². The quantitative estimate of drug-likeness (QED) is 0.0203. The Morgan fingerprint density at radius 2 is 1.07 bits per heavy atom. The first-order valence-corrected chi connectivity index (χ1v) is 22.1. The van der Waals surface area contributed by atoms with Crippen LogP contribution in [-0.2, 0) is 32.7 Å². The number of allylic oxidation sites excluding steroid dienone is 12. The summed E-state index contributed by atoms with van der Waals surface area (Å²) in [5, 5.41) is 0. The molecular weight excluding hydrogens is 701 g/mol. The van der Waals surface area contributed by atoms with E-state index in [0.717, 1.165) is 77.0 Å². The maximum absolute atomic E-state index is 12.6. The average Bonchev–Trinajstić information content (AvgIpc) is 3.12. The number of carbonyl (C=O) groups is 2. The van der Waals surface area contributed by atoms with Crippen LogP contribution in [0.2, 0.25) is 0 Å². The summed E-state index contributed by atoms with van der Waals surface area (Å²) in [4.78, 5) is 37.4. The molecule has 0 spiro atoms. The number of carbonyl (C=O) groups excluding carboxylic acids is 2. The van der Waals surface area contributed by atoms with Crippen molar-refractivity contribution in [3.05, 3.63) is 72.9 Å². The largest absolute Gasteiger partial charge is 0.756 e. The van der Waals surface area contributed by atoms with Gasteiger partial charge < -0.3 is 27.9 Å². The summed E-state index contributed by atoms with van der Waals surface area (Å²) in [7, 11) is 1.12. The van der Waals surface area contributed by atoms with Gasteiger partial charge in [-0.2, -0.15) is 0 Å². The molecule has 0 radical (unpaired) electrons. The second kappa shape index (κ2) is 36.1. The molecule has 0 saturated heterocycles. The van der Waals surface area contributed by atoms with Crippen LogP contribution < -0.4 is 4.89 Å². The van der Waals surface area contributed by atoms with Crippen molar-refractivity contribution in [2.45, 2.75) is 148 Å². The number of hydrogen-bond donors (Lipinski definition) is 0. The molecule has 0 aliphatic rings. The van der Waals surface area contributed by atoms with Crippen molar-refractivity contribution < 1.29 is 42.1 Å². The fraction of sp³-hybridized carbons (Fsp3) is 0.682. The molecule has 0 aromatic rings. The van der Waals surface area contributed by atoms with Crippen LogP contribution in [0, 0.1) is 0 Å². The highest BCUT2D eigenvalue weighted by Gasteiger charge is 2.21. The zero-order valence-corrected chi connectivity index (χ0v) is 35.5. The molecule has 0 N–H and O–H groups in total. The molecule has 2 atom stereocenters. The monoisotopic (exact) mass is 778 g/mol. The van der Waals surface area contributed by atoms with Crippen LogP contribution in [-0.4, -0.2) is 70.0 Å². The van der Waals surface area contributed by atoms with Gasteiger partial charge in [-0.15, -0.1) is 0 Å². The highest BCUT2D eigenvalue weighted by atomic mass is 31.2. The Bertz CT molecular complexity index is 1150. The Morgan fingerprint density at radius 3 is 1.65 bits per heavy atom. The third kappa shape index (κ3) is 39.2. The third-order valence-corrected chi connectivity index (χ3v) is 9.17. The lowest BCUT2D eigenvalue weighted by Gasteiger charge is -2.28. The van der Waals surface area contributed by atoms with Gasteiger partial charge >= 0.3 is 11.9 Å². The summed E-state index contributed by atoms with van der Waals surface area (Å²) in [6.45, 7) is 3.99. The molecule has 0 aliphatic carbocycles. The van der Waals surface area contributed by atoms with E-state index >= 15 is 0 Å². The third-order valence-electron chi connectivity index (χ3n) is 8.21. The van der Waals surface area contributed by atoms with Gasteiger partial charge in [0, 0.05) is 12.8 Å². The van der Waals surface area contributed by atoms with Crippen LogP contribution in [0.3, 0.4) is 0 Å². The van der Waals surface area contributed by atoms with E-state index in [1.54, 1.807) is 0 Å². The fourth-order valence-electron chi connectivity index (χ4n) is 4.98. The maximum atomic E-state index is 12.6. The summed E-state index contributed by atoms with van der Waals surface area (Å²) in [5.41, 5.74) is 0. The fourth-order valence-corrected chi connectivity index (χ4v) is 5.71. The SMILES string of the molecule is CC/C=C\C/C=C\C/C=C\C/C=C\C/C=C\CCCC(=O)OC[C@H](COP(=O)([O-])OCC[N+](C)(C)C)OC(=O)CCCCCCC/C=C\CCCCCC. The highest BCUT2D eigenvalue weighted by molar-refractivity contribution is 7.45. The number of hydrogen-bond acceptors (Lipinski definition) is 8. The number of phosphoric ester groups is 1. The molecule has 310 valence electrons. The van der Waals surface area contributed by atoms with Crippen LogP contribution >= 0.6 is 7.82 Å². The van der Waals surface area contributed by atoms with Crippen molar-refractivity contribution in [3.63, 3.8) is 0 Å². The van der Waals surface area contributed by atoms with Gasteiger partial charge in [-0.25, -0.2) is 0 Å². The van der Waals surface area contributed by atoms with E-state index in [0.29, 0.717) is 23.9 Å². The summed E-state index contributed by atoms with van der Waals surface area (Å²) >= 11 is 0. The zero-order chi connectivity index (χ0) is 40.0. The van der Waals surface area contributed by atoms with Crippen molar-refractivity contribution in [1.82, 2.24) is 0 Å². The number of ether oxygens (including phenoxy) is 2. The molecular formula is C44H76NO8P. The van der Waals surface area contributed by atoms with Crippen molar-refractivity contribution >= 4 is 19.8 Å². The van der Waals surface area contributed by atoms with E-state index in [-0.39, 0.29) is 26.1 Å². The van der Waals surface area contributed by atoms with E-state index < -0.39 is 32.5 Å². The highest BCUT2D eigenvalue weighted by Crippen LogP contribution is 2.38. The molecule has 0 saturated carbocycles. The van der Waals surface area contributed by atoms with Crippen LogP contribution in [0.4, 0.5) is 0 Å². The van der Waals surface area contributed by atoms with E-state index in [9.17, 15) is 19.0 Å². The van der Waals surface area contributed by atoms with Gasteiger partial charge in [0.25, 0.3) is 7.82 Å². The Kier molecular flexibility index (Phi) is 34.4. The molecule has 0 rings (SSSR count). The Morgan fingerprint density at radius 1 is 0.593 bits per heavy atom. The molecule has 0 bridgehead atoms. The second-order valence-corrected chi connectivity index (χ2v) is 16.0. The first kappa shape index (κ1) is 51.5. The topological polar surface area (TPSA) is 111 Å². The summed E-state index contributed by atoms with van der Waals surface area (Å²) in [6, 6.07) is 0. The number of rotatable bonds is 36. The van der Waals surface area contributed by atoms with Gasteiger partial charge in [-0.05, 0) is 77.0 Å². The molecule has 0 aliphatic heterocycles. The van der Waals surface area contributed by atoms with Gasteiger partial charge in [-0.1, -0.05) is 125 Å². The van der Waals surface area contributed by atoms with Gasteiger partial charge in [0.05, 0.1) is 27.7 Å². The normalized spacial score (nSPS) is 14.4. The molecule has 1 unspecified atom stereocenters. The minimum absolute atomic E-state index is 0.0447. The smallest absolute Gasteiger partial charge is 0.306 e. The lowest BCUT2D eigenvalue weighted by Crippen LogP contribution is -2.37. The number of nitrogens with zero attached hydrogens (tertiary/aromatic N) is 1. The molecule has 9 nitrogen and oxygen atoms in total. The van der Waals surface area contributed by atoms with Crippen LogP contribution in [0.15, 0.2) is 72.9 Å². The van der Waals surface area contributed by atoms with E-state index in [1.165, 1.54) is 25.7 Å². The Balaban J connectivity index is 4.52. The van der Waals surface area contributed by atoms with Gasteiger partial charge in [0.2, 0.25) is 0 Å². The lowest BCUT2D eigenvalue weighted by atomic mass is 10.1. The molecule has 0 aromatic heterocycles. The van der Waals surface area contributed by atoms with Crippen molar-refractivity contribution in [3.8, 4) is 0 Å². The molecule has 0 aromatic carbocycles. The predicted molar refractivity (Wildman–Crippen MR) is 222 cm³/mol. The van der Waals surface area contributed by atoms with Crippen LogP contribution in [0.1, 0.15) is 142 Å². The molecule has 0 heterocycles. The zero-order valence-electron chi connectivity index (χ0n) is 34.6. The maximum Gasteiger partial charge on any atom is 0.306 e. The minimum atomic E-state index is -4.64. The van der Waals surface area contributed by atoms with Crippen molar-refractivity contribution in [2.24, 2.45) is 0 Å². The number of esters is 2. The van der Waals surface area contributed by atoms with Gasteiger partial charge in [-0.3, -0.25) is 14.2 Å². The minimum Gasteiger partial charge on any atom is -0.756 e. The number of phosphoric acid groups is 1.